The summed E-state index contributed by atoms with van der Waals surface area (Å²) in [6, 6.07) is 12.8. The second-order valence-electron chi connectivity index (χ2n) is 5.93. The molecule has 7 nitrogen and oxygen atoms in total. The van der Waals surface area contributed by atoms with Crippen LogP contribution < -0.4 is 49.6 Å². The van der Waals surface area contributed by atoms with E-state index in [-0.39, 0.29) is 59.5 Å². The monoisotopic (exact) mass is 392 g/mol. The fraction of sp³-hybridized carbons (Fsp3) is 0.200. The average Bonchev–Trinajstić information content (AvgIpc) is 2.65. The van der Waals surface area contributed by atoms with Gasteiger partial charge in [-0.15, -0.1) is 0 Å². The first kappa shape index (κ1) is 22.0. The SMILES string of the molecule is Cc1ccccc1OCC(O)COc1cccc2oc(C(=O)[O-])cc(=O)c12.[Na+]. The van der Waals surface area contributed by atoms with Crippen molar-refractivity contribution in [3.63, 3.8) is 0 Å². The topological polar surface area (TPSA) is 109 Å². The van der Waals surface area contributed by atoms with Gasteiger partial charge in [-0.1, -0.05) is 24.3 Å². The van der Waals surface area contributed by atoms with Crippen molar-refractivity contribution in [1.82, 2.24) is 0 Å². The van der Waals surface area contributed by atoms with Crippen molar-refractivity contribution < 1.29 is 58.5 Å². The van der Waals surface area contributed by atoms with Crippen molar-refractivity contribution in [2.75, 3.05) is 13.2 Å². The smallest absolute Gasteiger partial charge is 0.542 e. The Hall–Kier alpha value is -2.32. The van der Waals surface area contributed by atoms with Gasteiger partial charge in [-0.25, -0.2) is 0 Å². The third-order valence-corrected chi connectivity index (χ3v) is 3.87. The summed E-state index contributed by atoms with van der Waals surface area (Å²) in [6.07, 6.45) is -0.936. The van der Waals surface area contributed by atoms with Gasteiger partial charge >= 0.3 is 29.6 Å². The Labute approximate surface area is 182 Å². The third-order valence-electron chi connectivity index (χ3n) is 3.87. The molecule has 0 saturated carbocycles. The van der Waals surface area contributed by atoms with Gasteiger partial charge in [-0.05, 0) is 30.7 Å². The molecule has 3 rings (SSSR count). The maximum atomic E-state index is 12.2. The summed E-state index contributed by atoms with van der Waals surface area (Å²) in [4.78, 5) is 23.1. The molecule has 1 N–H and O–H groups in total. The van der Waals surface area contributed by atoms with E-state index >= 15 is 0 Å². The Balaban J connectivity index is 0.00000280. The van der Waals surface area contributed by atoms with Crippen molar-refractivity contribution in [3.05, 3.63) is 70.1 Å². The van der Waals surface area contributed by atoms with Gasteiger partial charge in [0.2, 0.25) is 0 Å². The zero-order valence-electron chi connectivity index (χ0n) is 15.5. The number of aliphatic hydroxyl groups excluding tert-OH is 1. The largest absolute Gasteiger partial charge is 1.00 e. The molecule has 28 heavy (non-hydrogen) atoms. The molecule has 0 aliphatic heterocycles. The van der Waals surface area contributed by atoms with Gasteiger partial charge in [-0.2, -0.15) is 0 Å². The van der Waals surface area contributed by atoms with Crippen LogP contribution in [0.4, 0.5) is 0 Å². The molecule has 8 heteroatoms. The van der Waals surface area contributed by atoms with Crippen LogP contribution in [0.3, 0.4) is 0 Å². The Kier molecular flexibility index (Phi) is 7.65. The normalized spacial score (nSPS) is 11.5. The van der Waals surface area contributed by atoms with E-state index < -0.39 is 23.3 Å². The molecule has 0 saturated heterocycles. The number of aliphatic hydroxyl groups is 1. The van der Waals surface area contributed by atoms with E-state index in [0.717, 1.165) is 11.6 Å². The molecule has 0 bridgehead atoms. The quantitative estimate of drug-likeness (QED) is 0.477. The summed E-state index contributed by atoms with van der Waals surface area (Å²) >= 11 is 0. The van der Waals surface area contributed by atoms with E-state index in [1.165, 1.54) is 12.1 Å². The summed E-state index contributed by atoms with van der Waals surface area (Å²) in [5, 5.41) is 21.1. The van der Waals surface area contributed by atoms with Crippen LogP contribution >= 0.6 is 0 Å². The minimum Gasteiger partial charge on any atom is -0.542 e. The number of aromatic carboxylic acids is 1. The van der Waals surface area contributed by atoms with Gasteiger partial charge in [0.15, 0.2) is 11.2 Å². The fourth-order valence-corrected chi connectivity index (χ4v) is 2.54. The Morgan fingerprint density at radius 2 is 1.75 bits per heavy atom. The number of carboxylic acids is 1. The molecule has 0 amide bonds. The molecular weight excluding hydrogens is 375 g/mol. The van der Waals surface area contributed by atoms with E-state index in [9.17, 15) is 19.8 Å². The van der Waals surface area contributed by atoms with E-state index in [2.05, 4.69) is 0 Å². The molecule has 3 aromatic rings. The number of fused-ring (bicyclic) bond motifs is 1. The third kappa shape index (κ3) is 5.14. The van der Waals surface area contributed by atoms with Gasteiger partial charge < -0.3 is 28.9 Å². The first-order valence-corrected chi connectivity index (χ1v) is 8.23. The minimum absolute atomic E-state index is 0. The van der Waals surface area contributed by atoms with E-state index in [0.29, 0.717) is 5.75 Å². The summed E-state index contributed by atoms with van der Waals surface area (Å²) in [5.41, 5.74) is 0.433. The van der Waals surface area contributed by atoms with Crippen molar-refractivity contribution in [3.8, 4) is 11.5 Å². The predicted octanol–water partition coefficient (Wildman–Crippen LogP) is -1.71. The minimum atomic E-state index is -1.58. The number of carbonyl (C=O) groups excluding carboxylic acids is 1. The van der Waals surface area contributed by atoms with Gasteiger partial charge in [0, 0.05) is 6.07 Å². The van der Waals surface area contributed by atoms with Crippen LogP contribution in [0.2, 0.25) is 0 Å². The molecule has 1 aromatic heterocycles. The van der Waals surface area contributed by atoms with Crippen LogP contribution in [0.25, 0.3) is 11.0 Å². The number of carboxylic acid groups (broad SMARTS) is 1. The number of ether oxygens (including phenoxy) is 2. The van der Waals surface area contributed by atoms with E-state index in [4.69, 9.17) is 13.9 Å². The second-order valence-corrected chi connectivity index (χ2v) is 5.93. The van der Waals surface area contributed by atoms with Gasteiger partial charge in [-0.3, -0.25) is 4.79 Å². The Bertz CT molecular complexity index is 1030. The van der Waals surface area contributed by atoms with Crippen LogP contribution in [-0.4, -0.2) is 30.4 Å². The molecule has 1 atom stereocenters. The number of hydrogen-bond acceptors (Lipinski definition) is 7. The number of benzene rings is 2. The average molecular weight is 392 g/mol. The molecular formula is C20H17NaO7. The fourth-order valence-electron chi connectivity index (χ4n) is 2.54. The number of carbonyl (C=O) groups is 1. The maximum absolute atomic E-state index is 12.2. The molecule has 0 spiro atoms. The van der Waals surface area contributed by atoms with Crippen LogP contribution in [-0.2, 0) is 0 Å². The molecule has 1 heterocycles. The zero-order valence-corrected chi connectivity index (χ0v) is 17.5. The number of hydrogen-bond donors (Lipinski definition) is 1. The Morgan fingerprint density at radius 3 is 2.43 bits per heavy atom. The Morgan fingerprint density at radius 1 is 1.11 bits per heavy atom. The van der Waals surface area contributed by atoms with Crippen molar-refractivity contribution in [2.45, 2.75) is 13.0 Å². The molecule has 0 aliphatic rings. The van der Waals surface area contributed by atoms with Crippen molar-refractivity contribution >= 4 is 16.9 Å². The van der Waals surface area contributed by atoms with Crippen LogP contribution in [0.5, 0.6) is 11.5 Å². The van der Waals surface area contributed by atoms with Crippen molar-refractivity contribution in [2.24, 2.45) is 0 Å². The molecule has 0 aliphatic carbocycles. The summed E-state index contributed by atoms with van der Waals surface area (Å²) in [7, 11) is 0. The first-order valence-electron chi connectivity index (χ1n) is 8.23. The molecule has 0 radical (unpaired) electrons. The van der Waals surface area contributed by atoms with E-state index in [1.54, 1.807) is 12.1 Å². The second kappa shape index (κ2) is 9.75. The number of para-hydroxylation sites is 1. The van der Waals surface area contributed by atoms with Gasteiger partial charge in [0.05, 0.1) is 0 Å². The number of aryl methyl sites for hydroxylation is 1. The van der Waals surface area contributed by atoms with Crippen LogP contribution in [0.15, 0.2) is 57.7 Å². The van der Waals surface area contributed by atoms with Gasteiger partial charge in [0.25, 0.3) is 0 Å². The molecule has 2 aromatic carbocycles. The van der Waals surface area contributed by atoms with Crippen molar-refractivity contribution in [1.29, 1.82) is 0 Å². The maximum Gasteiger partial charge on any atom is 1.00 e. The van der Waals surface area contributed by atoms with E-state index in [1.807, 2.05) is 25.1 Å². The molecule has 140 valence electrons. The summed E-state index contributed by atoms with van der Waals surface area (Å²) < 4.78 is 16.2. The standard InChI is InChI=1S/C20H18O7.Na/c1-12-5-2-3-6-15(12)25-10-13(21)11-26-16-7-4-8-17-19(16)14(22)9-18(27-17)20(23)24;/h2-9,13,21H,10-11H2,1H3,(H,23,24);/q;+1/p-1. The number of rotatable bonds is 7. The van der Waals surface area contributed by atoms with Crippen LogP contribution in [0, 0.1) is 6.92 Å². The summed E-state index contributed by atoms with van der Waals surface area (Å²) in [6.45, 7) is 1.79. The van der Waals surface area contributed by atoms with Gasteiger partial charge in [0.1, 0.15) is 47.8 Å². The molecule has 1 unspecified atom stereocenters. The summed E-state index contributed by atoms with van der Waals surface area (Å²) in [5.74, 6) is -1.29. The molecule has 0 fully saturated rings. The zero-order chi connectivity index (χ0) is 19.4. The van der Waals surface area contributed by atoms with Crippen LogP contribution in [0.1, 0.15) is 16.1 Å². The first-order chi connectivity index (χ1) is 13.0. The predicted molar refractivity (Wildman–Crippen MR) is 95.0 cm³/mol.